The van der Waals surface area contributed by atoms with E-state index in [0.29, 0.717) is 13.0 Å². The molecule has 4 rings (SSSR count). The Hall–Kier alpha value is -3.28. The Morgan fingerprint density at radius 1 is 1.08 bits per heavy atom. The van der Waals surface area contributed by atoms with Crippen molar-refractivity contribution >= 4 is 11.6 Å². The van der Waals surface area contributed by atoms with Crippen LogP contribution in [0.3, 0.4) is 0 Å². The monoisotopic (exact) mass is 503 g/mol. The van der Waals surface area contributed by atoms with E-state index in [4.69, 9.17) is 9.47 Å². The second-order valence-electron chi connectivity index (χ2n) is 11.1. The fourth-order valence-corrected chi connectivity index (χ4v) is 5.09. The Morgan fingerprint density at radius 3 is 2.68 bits per heavy atom. The van der Waals surface area contributed by atoms with Crippen LogP contribution >= 0.6 is 0 Å². The summed E-state index contributed by atoms with van der Waals surface area (Å²) >= 11 is 0. The summed E-state index contributed by atoms with van der Waals surface area (Å²) in [5.74, 6) is 1.67. The lowest BCUT2D eigenvalue weighted by atomic mass is 9.85. The highest BCUT2D eigenvalue weighted by atomic mass is 16.7. The second kappa shape index (κ2) is 12.3. The molecule has 198 valence electrons. The molecule has 2 aromatic carbocycles. The molecule has 2 heterocycles. The van der Waals surface area contributed by atoms with Crippen molar-refractivity contribution in [1.29, 1.82) is 0 Å². The van der Waals surface area contributed by atoms with Crippen LogP contribution < -0.4 is 14.8 Å². The van der Waals surface area contributed by atoms with E-state index in [1.165, 1.54) is 25.7 Å². The summed E-state index contributed by atoms with van der Waals surface area (Å²) in [4.78, 5) is 13.5. The zero-order chi connectivity index (χ0) is 26.3. The molecule has 0 saturated carbocycles. The van der Waals surface area contributed by atoms with Crippen molar-refractivity contribution in [2.45, 2.75) is 90.5 Å². The van der Waals surface area contributed by atoms with Crippen LogP contribution in [-0.2, 0) is 16.8 Å². The molecular formula is C31H41N3O3. The predicted molar refractivity (Wildman–Crippen MR) is 148 cm³/mol. The van der Waals surface area contributed by atoms with E-state index in [-0.39, 0.29) is 24.0 Å². The highest BCUT2D eigenvalue weighted by Gasteiger charge is 2.26. The van der Waals surface area contributed by atoms with Crippen LogP contribution in [0.15, 0.2) is 54.9 Å². The van der Waals surface area contributed by atoms with Crippen LogP contribution in [0.4, 0.5) is 5.69 Å². The third kappa shape index (κ3) is 7.15. The Balaban J connectivity index is 1.53. The normalized spacial score (nSPS) is 13.5. The molecule has 0 radical (unpaired) electrons. The summed E-state index contributed by atoms with van der Waals surface area (Å²) in [6, 6.07) is 14.3. The third-order valence-electron chi connectivity index (χ3n) is 7.02. The lowest BCUT2D eigenvalue weighted by molar-refractivity contribution is -0.116. The smallest absolute Gasteiger partial charge is 0.231 e. The number of benzene rings is 2. The first-order valence-corrected chi connectivity index (χ1v) is 13.6. The molecule has 1 aliphatic rings. The molecule has 1 atom stereocenters. The summed E-state index contributed by atoms with van der Waals surface area (Å²) in [6.45, 7) is 9.65. The zero-order valence-electron chi connectivity index (χ0n) is 22.8. The average Bonchev–Trinajstić information content (AvgIpc) is 3.54. The van der Waals surface area contributed by atoms with E-state index in [2.05, 4.69) is 62.4 Å². The Morgan fingerprint density at radius 2 is 1.92 bits per heavy atom. The van der Waals surface area contributed by atoms with Crippen LogP contribution in [0.5, 0.6) is 11.5 Å². The van der Waals surface area contributed by atoms with Gasteiger partial charge in [0.2, 0.25) is 12.7 Å². The van der Waals surface area contributed by atoms with Crippen LogP contribution in [0.1, 0.15) is 95.2 Å². The van der Waals surface area contributed by atoms with Gasteiger partial charge in [0.15, 0.2) is 11.5 Å². The van der Waals surface area contributed by atoms with Crippen LogP contribution in [0.25, 0.3) is 0 Å². The molecule has 1 aromatic heterocycles. The van der Waals surface area contributed by atoms with Crippen molar-refractivity contribution in [1.82, 2.24) is 9.78 Å². The van der Waals surface area contributed by atoms with Crippen molar-refractivity contribution < 1.29 is 14.3 Å². The predicted octanol–water partition coefficient (Wildman–Crippen LogP) is 7.43. The Labute approximate surface area is 221 Å². The van der Waals surface area contributed by atoms with Crippen molar-refractivity contribution in [3.05, 3.63) is 71.5 Å². The van der Waals surface area contributed by atoms with Crippen molar-refractivity contribution in [3.63, 3.8) is 0 Å². The van der Waals surface area contributed by atoms with E-state index in [1.807, 2.05) is 29.1 Å². The molecular weight excluding hydrogens is 462 g/mol. The van der Waals surface area contributed by atoms with Crippen LogP contribution in [0.2, 0.25) is 0 Å². The molecule has 1 amide bonds. The van der Waals surface area contributed by atoms with Gasteiger partial charge in [-0.2, -0.15) is 5.10 Å². The number of hydrogen-bond acceptors (Lipinski definition) is 4. The summed E-state index contributed by atoms with van der Waals surface area (Å²) in [7, 11) is 0. The van der Waals surface area contributed by atoms with Crippen molar-refractivity contribution in [3.8, 4) is 11.5 Å². The van der Waals surface area contributed by atoms with Gasteiger partial charge in [0.05, 0.1) is 6.54 Å². The average molecular weight is 504 g/mol. The number of nitrogens with one attached hydrogen (secondary N) is 1. The number of fused-ring (bicyclic) bond motifs is 1. The standard InChI is InChI=1S/C31H41N3O3/c1-5-6-7-8-9-12-24(25-13-10-14-28-30(25)37-22-36-28)20-29(35)33-27-19-23(21-34-18-11-17-32-34)15-16-26(27)31(2,3)4/h10-11,13-19,24H,5-9,12,20-22H2,1-4H3,(H,33,35). The van der Waals surface area contributed by atoms with Gasteiger partial charge in [-0.3, -0.25) is 9.48 Å². The molecule has 3 aromatic rings. The molecule has 0 spiro atoms. The lowest BCUT2D eigenvalue weighted by Gasteiger charge is -2.25. The summed E-state index contributed by atoms with van der Waals surface area (Å²) < 4.78 is 13.3. The molecule has 0 bridgehead atoms. The summed E-state index contributed by atoms with van der Waals surface area (Å²) in [5.41, 5.74) is 4.08. The van der Waals surface area contributed by atoms with Gasteiger partial charge in [-0.1, -0.05) is 84.1 Å². The van der Waals surface area contributed by atoms with E-state index >= 15 is 0 Å². The largest absolute Gasteiger partial charge is 0.454 e. The molecule has 0 aliphatic carbocycles. The van der Waals surface area contributed by atoms with Crippen LogP contribution in [-0.4, -0.2) is 22.5 Å². The first-order valence-electron chi connectivity index (χ1n) is 13.6. The van der Waals surface area contributed by atoms with Gasteiger partial charge in [-0.15, -0.1) is 0 Å². The first-order chi connectivity index (χ1) is 17.8. The minimum atomic E-state index is -0.100. The molecule has 0 saturated heterocycles. The maximum absolute atomic E-state index is 13.5. The van der Waals surface area contributed by atoms with E-state index in [1.54, 1.807) is 6.20 Å². The van der Waals surface area contributed by atoms with E-state index < -0.39 is 0 Å². The Kier molecular flexibility index (Phi) is 8.91. The minimum Gasteiger partial charge on any atom is -0.454 e. The van der Waals surface area contributed by atoms with E-state index in [9.17, 15) is 4.79 Å². The number of carbonyl (C=O) groups excluding carboxylic acids is 1. The van der Waals surface area contributed by atoms with Gasteiger partial charge in [0, 0.05) is 30.1 Å². The Bertz CT molecular complexity index is 1160. The van der Waals surface area contributed by atoms with Crippen molar-refractivity contribution in [2.75, 3.05) is 12.1 Å². The fraction of sp³-hybridized carbons (Fsp3) is 0.484. The molecule has 37 heavy (non-hydrogen) atoms. The number of nitrogens with zero attached hydrogens (tertiary/aromatic N) is 2. The first kappa shape index (κ1) is 26.8. The highest BCUT2D eigenvalue weighted by molar-refractivity contribution is 5.92. The topological polar surface area (TPSA) is 65.4 Å². The summed E-state index contributed by atoms with van der Waals surface area (Å²) in [6.07, 6.45) is 11.1. The van der Waals surface area contributed by atoms with E-state index in [0.717, 1.165) is 46.7 Å². The van der Waals surface area contributed by atoms with Crippen molar-refractivity contribution in [2.24, 2.45) is 0 Å². The third-order valence-corrected chi connectivity index (χ3v) is 7.02. The SMILES string of the molecule is CCCCCCCC(CC(=O)Nc1cc(Cn2cccn2)ccc1C(C)(C)C)c1cccc2c1OCO2. The minimum absolute atomic E-state index is 0.0248. The molecule has 1 N–H and O–H groups in total. The van der Waals surface area contributed by atoms with Gasteiger partial charge in [0.1, 0.15) is 0 Å². The molecule has 1 unspecified atom stereocenters. The number of amides is 1. The molecule has 1 aliphatic heterocycles. The van der Waals surface area contributed by atoms with Gasteiger partial charge >= 0.3 is 0 Å². The molecule has 6 nitrogen and oxygen atoms in total. The van der Waals surface area contributed by atoms with Gasteiger partial charge < -0.3 is 14.8 Å². The number of para-hydroxylation sites is 1. The number of unbranched alkanes of at least 4 members (excludes halogenated alkanes) is 4. The quantitative estimate of drug-likeness (QED) is 0.261. The lowest BCUT2D eigenvalue weighted by Crippen LogP contribution is -2.21. The maximum Gasteiger partial charge on any atom is 0.231 e. The maximum atomic E-state index is 13.5. The number of aromatic nitrogens is 2. The number of ether oxygens (including phenoxy) is 2. The number of rotatable bonds is 12. The summed E-state index contributed by atoms with van der Waals surface area (Å²) in [5, 5.41) is 7.60. The molecule has 0 fully saturated rings. The van der Waals surface area contributed by atoms with Gasteiger partial charge in [-0.25, -0.2) is 0 Å². The number of carbonyl (C=O) groups is 1. The number of hydrogen-bond donors (Lipinski definition) is 1. The van der Waals surface area contributed by atoms with Gasteiger partial charge in [-0.05, 0) is 47.1 Å². The highest BCUT2D eigenvalue weighted by Crippen LogP contribution is 2.42. The number of anilines is 1. The fourth-order valence-electron chi connectivity index (χ4n) is 5.09. The zero-order valence-corrected chi connectivity index (χ0v) is 22.8. The second-order valence-corrected chi connectivity index (χ2v) is 11.1. The molecule has 6 heteroatoms. The van der Waals surface area contributed by atoms with Gasteiger partial charge in [0.25, 0.3) is 0 Å². The van der Waals surface area contributed by atoms with Crippen LogP contribution in [0, 0.1) is 0 Å².